The summed E-state index contributed by atoms with van der Waals surface area (Å²) in [6.07, 6.45) is 6.32. The largest absolute Gasteiger partial charge is 0.373 e. The van der Waals surface area contributed by atoms with E-state index < -0.39 is 0 Å². The Kier molecular flexibility index (Phi) is 4.20. The van der Waals surface area contributed by atoms with Gasteiger partial charge in [0, 0.05) is 31.2 Å². The quantitative estimate of drug-likeness (QED) is 0.856. The maximum absolute atomic E-state index is 6.34. The van der Waals surface area contributed by atoms with Gasteiger partial charge < -0.3 is 9.26 Å². The summed E-state index contributed by atoms with van der Waals surface area (Å²) in [5.74, 6) is 0.967. The lowest BCUT2D eigenvalue weighted by atomic mass is 9.87. The summed E-state index contributed by atoms with van der Waals surface area (Å²) < 4.78 is 11.6. The van der Waals surface area contributed by atoms with Gasteiger partial charge in [0.1, 0.15) is 5.76 Å². The molecular formula is C18H29N3O2. The van der Waals surface area contributed by atoms with Crippen LogP contribution in [0.15, 0.2) is 4.52 Å². The van der Waals surface area contributed by atoms with Gasteiger partial charge in [-0.1, -0.05) is 5.16 Å². The van der Waals surface area contributed by atoms with E-state index in [1.54, 1.807) is 0 Å². The van der Waals surface area contributed by atoms with E-state index >= 15 is 0 Å². The van der Waals surface area contributed by atoms with Crippen LogP contribution in [0.2, 0.25) is 0 Å². The molecule has 0 aromatic carbocycles. The third-order valence-electron chi connectivity index (χ3n) is 6.18. The number of rotatable bonds is 3. The molecule has 3 saturated heterocycles. The number of hydrogen-bond acceptors (Lipinski definition) is 5. The first-order valence-electron chi connectivity index (χ1n) is 9.17. The molecule has 3 aliphatic rings. The fourth-order valence-electron chi connectivity index (χ4n) is 4.58. The van der Waals surface area contributed by atoms with Crippen molar-refractivity contribution in [2.45, 2.75) is 64.1 Å². The number of aryl methyl sites for hydroxylation is 2. The summed E-state index contributed by atoms with van der Waals surface area (Å²) in [4.78, 5) is 5.19. The number of likely N-dealkylation sites (tertiary alicyclic amines) is 2. The molecule has 23 heavy (non-hydrogen) atoms. The van der Waals surface area contributed by atoms with E-state index in [0.717, 1.165) is 37.7 Å². The summed E-state index contributed by atoms with van der Waals surface area (Å²) in [5.41, 5.74) is 2.46. The number of nitrogens with zero attached hydrogens (tertiary/aromatic N) is 3. The average molecular weight is 319 g/mol. The second kappa shape index (κ2) is 6.19. The molecule has 4 rings (SSSR count). The van der Waals surface area contributed by atoms with E-state index in [-0.39, 0.29) is 5.60 Å². The number of piperidine rings is 1. The molecule has 0 unspecified atom stereocenters. The van der Waals surface area contributed by atoms with Crippen molar-refractivity contribution in [2.24, 2.45) is 0 Å². The summed E-state index contributed by atoms with van der Waals surface area (Å²) in [6, 6.07) is 0.673. The van der Waals surface area contributed by atoms with E-state index in [1.807, 2.05) is 13.8 Å². The second-order valence-corrected chi connectivity index (χ2v) is 7.67. The van der Waals surface area contributed by atoms with Gasteiger partial charge in [-0.15, -0.1) is 0 Å². The molecule has 3 fully saturated rings. The summed E-state index contributed by atoms with van der Waals surface area (Å²) in [5, 5.41) is 4.07. The molecule has 0 N–H and O–H groups in total. The van der Waals surface area contributed by atoms with Gasteiger partial charge in [-0.3, -0.25) is 9.80 Å². The summed E-state index contributed by atoms with van der Waals surface area (Å²) in [7, 11) is 0. The van der Waals surface area contributed by atoms with Crippen LogP contribution in [0.5, 0.6) is 0 Å². The Labute approximate surface area is 138 Å². The minimum atomic E-state index is 0.155. The van der Waals surface area contributed by atoms with Gasteiger partial charge in [0.15, 0.2) is 0 Å². The van der Waals surface area contributed by atoms with E-state index in [9.17, 15) is 0 Å². The van der Waals surface area contributed by atoms with E-state index in [0.29, 0.717) is 6.04 Å². The second-order valence-electron chi connectivity index (χ2n) is 7.67. The predicted octanol–water partition coefficient (Wildman–Crippen LogP) is 2.51. The molecule has 3 aliphatic heterocycles. The molecule has 5 nitrogen and oxygen atoms in total. The van der Waals surface area contributed by atoms with Gasteiger partial charge in [0.25, 0.3) is 0 Å². The topological polar surface area (TPSA) is 41.7 Å². The Balaban J connectivity index is 1.32. The first-order valence-corrected chi connectivity index (χ1v) is 9.17. The van der Waals surface area contributed by atoms with Gasteiger partial charge in [-0.2, -0.15) is 0 Å². The molecule has 0 aliphatic carbocycles. The molecule has 0 amide bonds. The molecule has 1 aromatic rings. The van der Waals surface area contributed by atoms with Crippen LogP contribution in [-0.4, -0.2) is 59.4 Å². The third-order valence-corrected chi connectivity index (χ3v) is 6.18. The third kappa shape index (κ3) is 3.06. The monoisotopic (exact) mass is 319 g/mol. The van der Waals surface area contributed by atoms with Crippen LogP contribution in [-0.2, 0) is 11.3 Å². The number of hydrogen-bond donors (Lipinski definition) is 0. The highest BCUT2D eigenvalue weighted by molar-refractivity contribution is 5.20. The summed E-state index contributed by atoms with van der Waals surface area (Å²) >= 11 is 0. The molecule has 4 heterocycles. The normalized spacial score (nSPS) is 28.9. The van der Waals surface area contributed by atoms with Gasteiger partial charge in [0.2, 0.25) is 0 Å². The van der Waals surface area contributed by atoms with E-state index in [4.69, 9.17) is 9.26 Å². The van der Waals surface area contributed by atoms with E-state index in [2.05, 4.69) is 15.0 Å². The highest BCUT2D eigenvalue weighted by Gasteiger charge is 2.44. The van der Waals surface area contributed by atoms with Crippen molar-refractivity contribution in [1.29, 1.82) is 0 Å². The predicted molar refractivity (Wildman–Crippen MR) is 88.4 cm³/mol. The smallest absolute Gasteiger partial charge is 0.138 e. The first kappa shape index (κ1) is 15.6. The molecule has 0 radical (unpaired) electrons. The van der Waals surface area contributed by atoms with Gasteiger partial charge in [-0.05, 0) is 59.0 Å². The van der Waals surface area contributed by atoms with Crippen LogP contribution in [0.4, 0.5) is 0 Å². The Bertz CT molecular complexity index is 523. The number of ether oxygens (including phenoxy) is 1. The Morgan fingerprint density at radius 1 is 1.13 bits per heavy atom. The van der Waals surface area contributed by atoms with Crippen molar-refractivity contribution in [3.63, 3.8) is 0 Å². The zero-order valence-corrected chi connectivity index (χ0v) is 14.5. The Hall–Kier alpha value is -0.910. The zero-order valence-electron chi connectivity index (χ0n) is 14.5. The first-order chi connectivity index (χ1) is 11.2. The molecule has 1 atom stereocenters. The lowest BCUT2D eigenvalue weighted by molar-refractivity contribution is -0.0453. The molecule has 1 spiro atoms. The Morgan fingerprint density at radius 3 is 2.52 bits per heavy atom. The van der Waals surface area contributed by atoms with Gasteiger partial charge >= 0.3 is 0 Å². The molecule has 0 saturated carbocycles. The maximum atomic E-state index is 6.34. The van der Waals surface area contributed by atoms with Gasteiger partial charge in [0.05, 0.1) is 17.9 Å². The van der Waals surface area contributed by atoms with Crippen LogP contribution in [0.3, 0.4) is 0 Å². The van der Waals surface area contributed by atoms with Crippen molar-refractivity contribution in [3.05, 3.63) is 17.0 Å². The van der Waals surface area contributed by atoms with Crippen LogP contribution in [0.1, 0.15) is 49.1 Å². The molecule has 1 aromatic heterocycles. The molecule has 0 bridgehead atoms. The van der Waals surface area contributed by atoms with Crippen LogP contribution >= 0.6 is 0 Å². The summed E-state index contributed by atoms with van der Waals surface area (Å²) in [6.45, 7) is 10.8. The standard InChI is InChI=1S/C18H29N3O2/c1-14-17(15(2)23-19-14)12-20-9-5-18(6-10-20)11-16(13-22-18)21-7-3-4-8-21/h16H,3-13H2,1-2H3/t16-/m0/s1. The highest BCUT2D eigenvalue weighted by atomic mass is 16.5. The average Bonchev–Trinajstić information content (AvgIpc) is 3.27. The van der Waals surface area contributed by atoms with Crippen molar-refractivity contribution < 1.29 is 9.26 Å². The number of aromatic nitrogens is 1. The van der Waals surface area contributed by atoms with Crippen molar-refractivity contribution in [3.8, 4) is 0 Å². The van der Waals surface area contributed by atoms with Crippen LogP contribution < -0.4 is 0 Å². The molecule has 5 heteroatoms. The molecular weight excluding hydrogens is 290 g/mol. The van der Waals surface area contributed by atoms with E-state index in [1.165, 1.54) is 50.8 Å². The zero-order chi connectivity index (χ0) is 15.9. The van der Waals surface area contributed by atoms with Crippen LogP contribution in [0.25, 0.3) is 0 Å². The van der Waals surface area contributed by atoms with Crippen molar-refractivity contribution in [1.82, 2.24) is 15.0 Å². The SMILES string of the molecule is Cc1noc(C)c1CN1CCC2(CC1)C[C@H](N1CCCC1)CO2. The minimum absolute atomic E-state index is 0.155. The van der Waals surface area contributed by atoms with Gasteiger partial charge in [-0.25, -0.2) is 0 Å². The van der Waals surface area contributed by atoms with Crippen molar-refractivity contribution in [2.75, 3.05) is 32.8 Å². The lowest BCUT2D eigenvalue weighted by Gasteiger charge is -2.39. The Morgan fingerprint density at radius 2 is 1.87 bits per heavy atom. The lowest BCUT2D eigenvalue weighted by Crippen LogP contribution is -2.44. The fourth-order valence-corrected chi connectivity index (χ4v) is 4.58. The van der Waals surface area contributed by atoms with Crippen LogP contribution in [0, 0.1) is 13.8 Å². The minimum Gasteiger partial charge on any atom is -0.373 e. The van der Waals surface area contributed by atoms with Crippen molar-refractivity contribution >= 4 is 0 Å². The maximum Gasteiger partial charge on any atom is 0.138 e. The molecule has 128 valence electrons. The fraction of sp³-hybridized carbons (Fsp3) is 0.833. The highest BCUT2D eigenvalue weighted by Crippen LogP contribution is 2.38.